The fourth-order valence-corrected chi connectivity index (χ4v) is 8.81. The Morgan fingerprint density at radius 2 is 0.914 bits per heavy atom. The zero-order chi connectivity index (χ0) is 39.5. The van der Waals surface area contributed by atoms with Gasteiger partial charge in [-0.1, -0.05) is 200 Å². The topological polar surface area (TPSA) is 3.24 Å². The average molecular weight is 746 g/mol. The van der Waals surface area contributed by atoms with Crippen LogP contribution in [0.15, 0.2) is 230 Å². The van der Waals surface area contributed by atoms with Crippen LogP contribution in [0.5, 0.6) is 0 Å². The smallest absolute Gasteiger partial charge is 0.0674 e. The number of anilines is 3. The lowest BCUT2D eigenvalue weighted by atomic mass is 9.67. The number of rotatable bonds is 10. The zero-order valence-corrected chi connectivity index (χ0v) is 33.4. The van der Waals surface area contributed by atoms with E-state index < -0.39 is 5.41 Å². The summed E-state index contributed by atoms with van der Waals surface area (Å²) in [5.74, 6) is 0. The van der Waals surface area contributed by atoms with Crippen LogP contribution in [0.2, 0.25) is 0 Å². The van der Waals surface area contributed by atoms with Crippen molar-refractivity contribution in [3.63, 3.8) is 0 Å². The Labute approximate surface area is 343 Å². The Morgan fingerprint density at radius 1 is 0.431 bits per heavy atom. The van der Waals surface area contributed by atoms with Gasteiger partial charge in [0.2, 0.25) is 0 Å². The van der Waals surface area contributed by atoms with Gasteiger partial charge in [0.15, 0.2) is 0 Å². The molecule has 1 atom stereocenters. The van der Waals surface area contributed by atoms with Crippen LogP contribution in [0, 0.1) is 0 Å². The van der Waals surface area contributed by atoms with E-state index in [0.717, 1.165) is 23.5 Å². The molecule has 1 unspecified atom stereocenters. The van der Waals surface area contributed by atoms with Crippen LogP contribution in [-0.4, -0.2) is 0 Å². The summed E-state index contributed by atoms with van der Waals surface area (Å²) in [5.41, 5.74) is 19.0. The number of benzene rings is 8. The molecule has 0 N–H and O–H groups in total. The van der Waals surface area contributed by atoms with Crippen LogP contribution in [0.3, 0.4) is 0 Å². The molecule has 1 nitrogen and oxygen atoms in total. The van der Waals surface area contributed by atoms with Crippen LogP contribution < -0.4 is 4.90 Å². The summed E-state index contributed by atoms with van der Waals surface area (Å²) in [7, 11) is 0. The predicted octanol–water partition coefficient (Wildman–Crippen LogP) is 15.8. The molecule has 9 rings (SSSR count). The molecule has 0 saturated heterocycles. The normalized spacial score (nSPS) is 14.8. The molecule has 1 aliphatic carbocycles. The molecule has 0 aromatic heterocycles. The number of allylic oxidation sites excluding steroid dienone is 4. The van der Waals surface area contributed by atoms with Crippen molar-refractivity contribution in [1.82, 2.24) is 0 Å². The number of hydrogen-bond donors (Lipinski definition) is 0. The van der Waals surface area contributed by atoms with E-state index in [0.29, 0.717) is 0 Å². The monoisotopic (exact) mass is 745 g/mol. The minimum absolute atomic E-state index is 0.543. The minimum atomic E-state index is -0.543. The second kappa shape index (κ2) is 15.9. The fourth-order valence-electron chi connectivity index (χ4n) is 8.81. The molecule has 1 heteroatoms. The van der Waals surface area contributed by atoms with Crippen LogP contribution in [0.1, 0.15) is 43.9 Å². The Bertz CT molecular complexity index is 2740. The van der Waals surface area contributed by atoms with Gasteiger partial charge in [0.25, 0.3) is 0 Å². The summed E-state index contributed by atoms with van der Waals surface area (Å²) < 4.78 is 0. The van der Waals surface area contributed by atoms with Crippen molar-refractivity contribution in [1.29, 1.82) is 0 Å². The molecule has 1 aliphatic rings. The highest BCUT2D eigenvalue weighted by molar-refractivity contribution is 5.93. The van der Waals surface area contributed by atoms with Crippen LogP contribution in [0.4, 0.5) is 17.1 Å². The second-order valence-electron chi connectivity index (χ2n) is 15.3. The van der Waals surface area contributed by atoms with Crippen molar-refractivity contribution in [3.05, 3.63) is 246 Å². The third-order valence-electron chi connectivity index (χ3n) is 11.9. The van der Waals surface area contributed by atoms with Crippen molar-refractivity contribution >= 4 is 17.1 Å². The molecule has 0 heterocycles. The van der Waals surface area contributed by atoms with E-state index in [1.54, 1.807) is 0 Å². The molecule has 0 radical (unpaired) electrons. The van der Waals surface area contributed by atoms with E-state index in [9.17, 15) is 0 Å². The lowest BCUT2D eigenvalue weighted by Crippen LogP contribution is -2.29. The summed E-state index contributed by atoms with van der Waals surface area (Å²) in [4.78, 5) is 2.45. The van der Waals surface area contributed by atoms with Gasteiger partial charge < -0.3 is 4.90 Å². The third-order valence-corrected chi connectivity index (χ3v) is 11.9. The first-order valence-corrected chi connectivity index (χ1v) is 20.4. The Balaban J connectivity index is 1.32. The van der Waals surface area contributed by atoms with E-state index in [-0.39, 0.29) is 0 Å². The van der Waals surface area contributed by atoms with Gasteiger partial charge in [0.05, 0.1) is 11.1 Å². The number of nitrogens with zero attached hydrogens (tertiary/aromatic N) is 1. The van der Waals surface area contributed by atoms with Crippen LogP contribution in [-0.2, 0) is 5.41 Å². The first kappa shape index (κ1) is 36.7. The maximum absolute atomic E-state index is 2.48. The Morgan fingerprint density at radius 3 is 1.55 bits per heavy atom. The van der Waals surface area contributed by atoms with Gasteiger partial charge >= 0.3 is 0 Å². The van der Waals surface area contributed by atoms with Crippen molar-refractivity contribution in [2.75, 3.05) is 4.90 Å². The van der Waals surface area contributed by atoms with E-state index in [2.05, 4.69) is 244 Å². The van der Waals surface area contributed by atoms with Gasteiger partial charge in [-0.15, -0.1) is 0 Å². The third kappa shape index (κ3) is 6.59. The largest absolute Gasteiger partial charge is 0.310 e. The first-order chi connectivity index (χ1) is 28.6. The van der Waals surface area contributed by atoms with Gasteiger partial charge in [-0.25, -0.2) is 0 Å². The molecule has 280 valence electrons. The van der Waals surface area contributed by atoms with Crippen molar-refractivity contribution in [2.24, 2.45) is 0 Å². The fraction of sp³-hybridized carbons (Fsp3) is 0.0877. The molecular formula is C57H47N. The van der Waals surface area contributed by atoms with E-state index in [1.807, 2.05) is 0 Å². The summed E-state index contributed by atoms with van der Waals surface area (Å²) in [6, 6.07) is 75.4. The highest BCUT2D eigenvalue weighted by Crippen LogP contribution is 2.58. The molecule has 58 heavy (non-hydrogen) atoms. The van der Waals surface area contributed by atoms with Crippen LogP contribution >= 0.6 is 0 Å². The first-order valence-electron chi connectivity index (χ1n) is 20.4. The van der Waals surface area contributed by atoms with Gasteiger partial charge in [-0.05, 0) is 112 Å². The number of hydrogen-bond acceptors (Lipinski definition) is 1. The van der Waals surface area contributed by atoms with E-state index >= 15 is 0 Å². The van der Waals surface area contributed by atoms with Gasteiger partial charge in [0.1, 0.15) is 0 Å². The molecule has 8 aromatic rings. The molecule has 0 bridgehead atoms. The second-order valence-corrected chi connectivity index (χ2v) is 15.3. The highest BCUT2D eigenvalue weighted by atomic mass is 15.1. The molecule has 0 amide bonds. The summed E-state index contributed by atoms with van der Waals surface area (Å²) in [5, 5.41) is 0. The van der Waals surface area contributed by atoms with Crippen LogP contribution in [0.25, 0.3) is 44.5 Å². The minimum Gasteiger partial charge on any atom is -0.310 e. The number of fused-ring (bicyclic) bond motifs is 3. The van der Waals surface area contributed by atoms with Crippen molar-refractivity contribution < 1.29 is 0 Å². The van der Waals surface area contributed by atoms with Crippen molar-refractivity contribution in [3.8, 4) is 44.5 Å². The molecule has 0 spiro atoms. The highest BCUT2D eigenvalue weighted by Gasteiger charge is 2.46. The lowest BCUT2D eigenvalue weighted by Gasteiger charge is -2.36. The summed E-state index contributed by atoms with van der Waals surface area (Å²) in [6.45, 7) is 6.79. The average Bonchev–Trinajstić information content (AvgIpc) is 3.59. The number of para-hydroxylation sites is 1. The molecular weight excluding hydrogens is 699 g/mol. The zero-order valence-electron chi connectivity index (χ0n) is 33.4. The van der Waals surface area contributed by atoms with Gasteiger partial charge in [-0.2, -0.15) is 0 Å². The van der Waals surface area contributed by atoms with Crippen molar-refractivity contribution in [2.45, 2.75) is 32.6 Å². The van der Waals surface area contributed by atoms with E-state index in [1.165, 1.54) is 72.3 Å². The standard InChI is InChI=1S/C57H47N/c1-4-41(2)29-30-42(3)57(48-25-15-8-16-26-48)54-39-47(44-21-11-6-12-22-44)33-37-52(54)53-38-36-50(40-55(53)57)58(49-34-31-45(32-35-49)43-19-9-5-10-20-43)56-28-18-17-27-51(56)46-23-13-7-14-24-46/h5-40H,4H2,1-3H3/b41-29-,42-30+. The van der Waals surface area contributed by atoms with Gasteiger partial charge in [-0.3, -0.25) is 0 Å². The SMILES string of the molecule is CC/C(C)=C\C=C(/C)C1(c2ccccc2)c2cc(-c3ccccc3)ccc2-c2ccc(N(c3ccc(-c4ccccc4)cc3)c3ccccc3-c3ccccc3)cc21. The van der Waals surface area contributed by atoms with Gasteiger partial charge in [0, 0.05) is 16.9 Å². The Kier molecular flexibility index (Phi) is 10.0. The molecule has 0 saturated carbocycles. The Hall–Kier alpha value is -6.96. The van der Waals surface area contributed by atoms with E-state index in [4.69, 9.17) is 0 Å². The maximum atomic E-state index is 2.48. The quantitative estimate of drug-likeness (QED) is 0.126. The lowest BCUT2D eigenvalue weighted by molar-refractivity contribution is 0.746. The molecule has 0 aliphatic heterocycles. The molecule has 0 fully saturated rings. The predicted molar refractivity (Wildman–Crippen MR) is 247 cm³/mol. The summed E-state index contributed by atoms with van der Waals surface area (Å²) >= 11 is 0. The summed E-state index contributed by atoms with van der Waals surface area (Å²) in [6.07, 6.45) is 5.70. The maximum Gasteiger partial charge on any atom is 0.0674 e. The molecule has 8 aromatic carbocycles.